The SMILES string of the molecule is CN(C)C(CNC(=O)C1CCN(C(=O)c2cccs2)CC1)c1cccs1. The molecule has 1 aliphatic heterocycles. The van der Waals surface area contributed by atoms with Gasteiger partial charge in [0, 0.05) is 30.4 Å². The molecule has 0 bridgehead atoms. The maximum absolute atomic E-state index is 12.6. The minimum absolute atomic E-state index is 0.00599. The second-order valence-corrected chi connectivity index (χ2v) is 8.71. The van der Waals surface area contributed by atoms with Crippen LogP contribution in [-0.4, -0.2) is 55.3 Å². The number of likely N-dealkylation sites (tertiary alicyclic amines) is 1. The van der Waals surface area contributed by atoms with Gasteiger partial charge in [-0.1, -0.05) is 12.1 Å². The molecule has 7 heteroatoms. The van der Waals surface area contributed by atoms with Crippen molar-refractivity contribution >= 4 is 34.5 Å². The minimum Gasteiger partial charge on any atom is -0.354 e. The van der Waals surface area contributed by atoms with E-state index >= 15 is 0 Å². The zero-order chi connectivity index (χ0) is 18.5. The Morgan fingerprint density at radius 1 is 1.19 bits per heavy atom. The maximum Gasteiger partial charge on any atom is 0.263 e. The fourth-order valence-electron chi connectivity index (χ4n) is 3.26. The highest BCUT2D eigenvalue weighted by atomic mass is 32.1. The Hall–Kier alpha value is -1.70. The number of nitrogens with one attached hydrogen (secondary N) is 1. The van der Waals surface area contributed by atoms with Crippen LogP contribution in [-0.2, 0) is 4.79 Å². The zero-order valence-electron chi connectivity index (χ0n) is 15.2. The molecule has 5 nitrogen and oxygen atoms in total. The normalized spacial score (nSPS) is 16.7. The second-order valence-electron chi connectivity index (χ2n) is 6.78. The molecule has 1 fully saturated rings. The molecule has 0 aromatic carbocycles. The largest absolute Gasteiger partial charge is 0.354 e. The van der Waals surface area contributed by atoms with E-state index in [0.29, 0.717) is 19.6 Å². The quantitative estimate of drug-likeness (QED) is 0.823. The summed E-state index contributed by atoms with van der Waals surface area (Å²) in [7, 11) is 4.07. The summed E-state index contributed by atoms with van der Waals surface area (Å²) in [5.41, 5.74) is 0. The predicted molar refractivity (Wildman–Crippen MR) is 107 cm³/mol. The number of thiophene rings is 2. The van der Waals surface area contributed by atoms with Gasteiger partial charge in [0.25, 0.3) is 5.91 Å². The van der Waals surface area contributed by atoms with Gasteiger partial charge in [0.05, 0.1) is 10.9 Å². The third-order valence-corrected chi connectivity index (χ3v) is 6.68. The molecule has 26 heavy (non-hydrogen) atoms. The Morgan fingerprint density at radius 3 is 2.46 bits per heavy atom. The molecule has 1 N–H and O–H groups in total. The van der Waals surface area contributed by atoms with Crippen LogP contribution in [0.25, 0.3) is 0 Å². The molecular formula is C19H25N3O2S2. The van der Waals surface area contributed by atoms with Gasteiger partial charge in [0.1, 0.15) is 0 Å². The third-order valence-electron chi connectivity index (χ3n) is 4.85. The van der Waals surface area contributed by atoms with Crippen LogP contribution in [0.3, 0.4) is 0 Å². The van der Waals surface area contributed by atoms with Crippen LogP contribution >= 0.6 is 22.7 Å². The molecule has 2 aromatic heterocycles. The second kappa shape index (κ2) is 8.79. The highest BCUT2D eigenvalue weighted by molar-refractivity contribution is 7.12. The highest BCUT2D eigenvalue weighted by Gasteiger charge is 2.28. The first-order valence-electron chi connectivity index (χ1n) is 8.86. The smallest absolute Gasteiger partial charge is 0.263 e. The first-order valence-corrected chi connectivity index (χ1v) is 10.6. The number of nitrogens with zero attached hydrogens (tertiary/aromatic N) is 2. The fourth-order valence-corrected chi connectivity index (χ4v) is 4.87. The van der Waals surface area contributed by atoms with Crippen molar-refractivity contribution in [2.75, 3.05) is 33.7 Å². The first kappa shape index (κ1) is 19.1. The molecule has 0 radical (unpaired) electrons. The van der Waals surface area contributed by atoms with Gasteiger partial charge in [-0.05, 0) is 49.8 Å². The number of carbonyl (C=O) groups excluding carboxylic acids is 2. The van der Waals surface area contributed by atoms with E-state index in [-0.39, 0.29) is 23.8 Å². The van der Waals surface area contributed by atoms with Gasteiger partial charge in [-0.25, -0.2) is 0 Å². The molecule has 1 unspecified atom stereocenters. The molecule has 2 amide bonds. The lowest BCUT2D eigenvalue weighted by atomic mass is 9.95. The molecule has 0 spiro atoms. The minimum atomic E-state index is -0.00599. The molecule has 3 heterocycles. The van der Waals surface area contributed by atoms with E-state index in [4.69, 9.17) is 0 Å². The summed E-state index contributed by atoms with van der Waals surface area (Å²) in [6.07, 6.45) is 1.46. The van der Waals surface area contributed by atoms with Gasteiger partial charge in [-0.3, -0.25) is 9.59 Å². The molecular weight excluding hydrogens is 366 g/mol. The van der Waals surface area contributed by atoms with Crippen molar-refractivity contribution in [1.29, 1.82) is 0 Å². The van der Waals surface area contributed by atoms with Crippen LogP contribution in [0.15, 0.2) is 35.0 Å². The van der Waals surface area contributed by atoms with E-state index in [9.17, 15) is 9.59 Å². The zero-order valence-corrected chi connectivity index (χ0v) is 16.8. The lowest BCUT2D eigenvalue weighted by Crippen LogP contribution is -2.44. The summed E-state index contributed by atoms with van der Waals surface area (Å²) in [5.74, 6) is 0.189. The Morgan fingerprint density at radius 2 is 1.88 bits per heavy atom. The van der Waals surface area contributed by atoms with Crippen molar-refractivity contribution in [3.05, 3.63) is 44.8 Å². The Kier molecular flexibility index (Phi) is 6.45. The van der Waals surface area contributed by atoms with Gasteiger partial charge in [0.2, 0.25) is 5.91 Å². The standard InChI is InChI=1S/C19H25N3O2S2/c1-21(2)15(16-5-3-11-25-16)13-20-18(23)14-7-9-22(10-8-14)19(24)17-6-4-12-26-17/h3-6,11-12,14-15H,7-10,13H2,1-2H3,(H,20,23). The molecule has 0 saturated carbocycles. The Balaban J connectivity index is 1.48. The molecule has 1 saturated heterocycles. The fraction of sp³-hybridized carbons (Fsp3) is 0.474. The monoisotopic (exact) mass is 391 g/mol. The number of likely N-dealkylation sites (N-methyl/N-ethyl adjacent to an activating group) is 1. The summed E-state index contributed by atoms with van der Waals surface area (Å²) >= 11 is 3.18. The van der Waals surface area contributed by atoms with Crippen molar-refractivity contribution in [2.24, 2.45) is 5.92 Å². The molecule has 1 atom stereocenters. The van der Waals surface area contributed by atoms with Crippen LogP contribution in [0.4, 0.5) is 0 Å². The number of rotatable bonds is 6. The van der Waals surface area contributed by atoms with E-state index < -0.39 is 0 Å². The highest BCUT2D eigenvalue weighted by Crippen LogP contribution is 2.24. The van der Waals surface area contributed by atoms with Crippen LogP contribution in [0.2, 0.25) is 0 Å². The topological polar surface area (TPSA) is 52.7 Å². The van der Waals surface area contributed by atoms with Crippen molar-refractivity contribution in [2.45, 2.75) is 18.9 Å². The van der Waals surface area contributed by atoms with Crippen LogP contribution in [0.5, 0.6) is 0 Å². The molecule has 1 aliphatic rings. The van der Waals surface area contributed by atoms with E-state index in [1.165, 1.54) is 16.2 Å². The van der Waals surface area contributed by atoms with Crippen LogP contribution < -0.4 is 5.32 Å². The average Bonchev–Trinajstić information content (AvgIpc) is 3.35. The maximum atomic E-state index is 12.6. The third kappa shape index (κ3) is 4.52. The molecule has 2 aromatic rings. The van der Waals surface area contributed by atoms with E-state index in [1.807, 2.05) is 42.6 Å². The Bertz CT molecular complexity index is 705. The summed E-state index contributed by atoms with van der Waals surface area (Å²) < 4.78 is 0. The van der Waals surface area contributed by atoms with Gasteiger partial charge < -0.3 is 15.1 Å². The van der Waals surface area contributed by atoms with E-state index in [0.717, 1.165) is 17.7 Å². The number of piperidine rings is 1. The number of hydrogen-bond donors (Lipinski definition) is 1. The van der Waals surface area contributed by atoms with Gasteiger partial charge in [-0.2, -0.15) is 0 Å². The summed E-state index contributed by atoms with van der Waals surface area (Å²) in [4.78, 5) is 31.0. The van der Waals surface area contributed by atoms with Gasteiger partial charge in [-0.15, -0.1) is 22.7 Å². The molecule has 0 aliphatic carbocycles. The lowest BCUT2D eigenvalue weighted by molar-refractivity contribution is -0.126. The van der Waals surface area contributed by atoms with Crippen LogP contribution in [0, 0.1) is 5.92 Å². The lowest BCUT2D eigenvalue weighted by Gasteiger charge is -2.31. The summed E-state index contributed by atoms with van der Waals surface area (Å²) in [5, 5.41) is 7.10. The predicted octanol–water partition coefficient (Wildman–Crippen LogP) is 3.08. The van der Waals surface area contributed by atoms with Crippen LogP contribution in [0.1, 0.15) is 33.4 Å². The number of carbonyl (C=O) groups is 2. The van der Waals surface area contributed by atoms with Crippen molar-refractivity contribution < 1.29 is 9.59 Å². The average molecular weight is 392 g/mol. The summed E-state index contributed by atoms with van der Waals surface area (Å²) in [6.45, 7) is 1.91. The first-order chi connectivity index (χ1) is 12.6. The number of amides is 2. The number of hydrogen-bond acceptors (Lipinski definition) is 5. The van der Waals surface area contributed by atoms with Crippen molar-refractivity contribution in [3.8, 4) is 0 Å². The van der Waals surface area contributed by atoms with E-state index in [1.54, 1.807) is 11.3 Å². The molecule has 3 rings (SSSR count). The van der Waals surface area contributed by atoms with E-state index in [2.05, 4.69) is 21.7 Å². The summed E-state index contributed by atoms with van der Waals surface area (Å²) in [6, 6.07) is 8.10. The van der Waals surface area contributed by atoms with Gasteiger partial charge >= 0.3 is 0 Å². The van der Waals surface area contributed by atoms with Crippen molar-refractivity contribution in [1.82, 2.24) is 15.1 Å². The molecule has 140 valence electrons. The van der Waals surface area contributed by atoms with Crippen molar-refractivity contribution in [3.63, 3.8) is 0 Å². The Labute approximate surface area is 162 Å². The van der Waals surface area contributed by atoms with Gasteiger partial charge in [0.15, 0.2) is 0 Å².